The summed E-state index contributed by atoms with van der Waals surface area (Å²) in [4.78, 5) is 2.34. The minimum atomic E-state index is 0.772. The van der Waals surface area contributed by atoms with Crippen LogP contribution in [0.5, 0.6) is 0 Å². The summed E-state index contributed by atoms with van der Waals surface area (Å²) < 4.78 is 0. The van der Waals surface area contributed by atoms with E-state index in [2.05, 4.69) is 42.2 Å². The van der Waals surface area contributed by atoms with Crippen LogP contribution in [0.15, 0.2) is 54.6 Å². The largest absolute Gasteiger partial charge is 0.295 e. The molecule has 0 atom stereocenters. The lowest BCUT2D eigenvalue weighted by Gasteiger charge is -2.21. The van der Waals surface area contributed by atoms with Gasteiger partial charge in [-0.2, -0.15) is 5.26 Å². The van der Waals surface area contributed by atoms with E-state index >= 15 is 0 Å². The molecule has 0 aliphatic carbocycles. The van der Waals surface area contributed by atoms with E-state index in [9.17, 15) is 0 Å². The van der Waals surface area contributed by atoms with Gasteiger partial charge >= 0.3 is 0 Å². The van der Waals surface area contributed by atoms with Crippen molar-refractivity contribution in [2.24, 2.45) is 0 Å². The molecule has 0 saturated heterocycles. The smallest absolute Gasteiger partial charge is 0.0995 e. The topological polar surface area (TPSA) is 27.0 Å². The molecule has 0 N–H and O–H groups in total. The summed E-state index contributed by atoms with van der Waals surface area (Å²) in [6, 6.07) is 20.5. The Hall–Kier alpha value is -2.11. The Morgan fingerprint density at radius 3 is 2.32 bits per heavy atom. The van der Waals surface area contributed by atoms with Crippen molar-refractivity contribution >= 4 is 0 Å². The fourth-order valence-corrected chi connectivity index (χ4v) is 2.13. The highest BCUT2D eigenvalue weighted by molar-refractivity contribution is 5.37. The maximum Gasteiger partial charge on any atom is 0.0995 e. The van der Waals surface area contributed by atoms with Gasteiger partial charge in [-0.25, -0.2) is 0 Å². The molecule has 96 valence electrons. The summed E-state index contributed by atoms with van der Waals surface area (Å²) in [6.07, 6.45) is 0. The molecular formula is C17H18N2. The minimum absolute atomic E-state index is 0.772. The zero-order valence-corrected chi connectivity index (χ0v) is 11.2. The Bertz CT molecular complexity index is 555. The van der Waals surface area contributed by atoms with E-state index in [1.165, 1.54) is 5.56 Å². The first kappa shape index (κ1) is 13.3. The number of nitriles is 1. The molecule has 2 aromatic rings. The summed E-state index contributed by atoms with van der Waals surface area (Å²) in [5, 5.41) is 9.13. The molecule has 19 heavy (non-hydrogen) atoms. The molecule has 0 saturated carbocycles. The van der Waals surface area contributed by atoms with E-state index in [4.69, 9.17) is 5.26 Å². The van der Waals surface area contributed by atoms with Crippen LogP contribution in [0.4, 0.5) is 0 Å². The van der Waals surface area contributed by atoms with Gasteiger partial charge in [-0.05, 0) is 23.7 Å². The van der Waals surface area contributed by atoms with Crippen LogP contribution >= 0.6 is 0 Å². The maximum atomic E-state index is 9.13. The van der Waals surface area contributed by atoms with E-state index in [1.54, 1.807) is 0 Å². The number of hydrogen-bond acceptors (Lipinski definition) is 2. The van der Waals surface area contributed by atoms with Crippen LogP contribution < -0.4 is 0 Å². The van der Waals surface area contributed by atoms with Crippen LogP contribution in [0.25, 0.3) is 0 Å². The first-order valence-corrected chi connectivity index (χ1v) is 6.57. The molecule has 2 rings (SSSR count). The van der Waals surface area contributed by atoms with Gasteiger partial charge in [-0.15, -0.1) is 0 Å². The minimum Gasteiger partial charge on any atom is -0.295 e. The van der Waals surface area contributed by atoms with Crippen LogP contribution in [-0.4, -0.2) is 11.4 Å². The molecule has 2 nitrogen and oxygen atoms in total. The van der Waals surface area contributed by atoms with Gasteiger partial charge in [0.2, 0.25) is 0 Å². The lowest BCUT2D eigenvalue weighted by molar-refractivity contribution is 0.271. The second-order valence-electron chi connectivity index (χ2n) is 4.56. The Balaban J connectivity index is 2.09. The van der Waals surface area contributed by atoms with Crippen LogP contribution in [0.1, 0.15) is 23.6 Å². The van der Waals surface area contributed by atoms with Crippen molar-refractivity contribution in [2.45, 2.75) is 20.0 Å². The Labute approximate surface area is 114 Å². The SMILES string of the molecule is CCN(Cc1ccccc1)Cc1ccccc1C#N. The first-order valence-electron chi connectivity index (χ1n) is 6.57. The molecule has 2 aromatic carbocycles. The molecule has 0 aromatic heterocycles. The third-order valence-corrected chi connectivity index (χ3v) is 3.23. The van der Waals surface area contributed by atoms with Crippen molar-refractivity contribution in [1.82, 2.24) is 4.90 Å². The van der Waals surface area contributed by atoms with Crippen molar-refractivity contribution in [3.63, 3.8) is 0 Å². The zero-order chi connectivity index (χ0) is 13.5. The predicted octanol–water partition coefficient (Wildman–Crippen LogP) is 3.58. The van der Waals surface area contributed by atoms with E-state index in [0.717, 1.165) is 30.8 Å². The standard InChI is InChI=1S/C17H18N2/c1-2-19(13-15-8-4-3-5-9-15)14-17-11-7-6-10-16(17)12-18/h3-11H,2,13-14H2,1H3. The average molecular weight is 250 g/mol. The molecular weight excluding hydrogens is 232 g/mol. The maximum absolute atomic E-state index is 9.13. The summed E-state index contributed by atoms with van der Waals surface area (Å²) in [6.45, 7) is 4.85. The number of benzene rings is 2. The molecule has 0 aliphatic rings. The van der Waals surface area contributed by atoms with Crippen LogP contribution in [0, 0.1) is 11.3 Å². The van der Waals surface area contributed by atoms with Crippen molar-refractivity contribution in [3.8, 4) is 6.07 Å². The lowest BCUT2D eigenvalue weighted by atomic mass is 10.1. The molecule has 0 radical (unpaired) electrons. The van der Waals surface area contributed by atoms with Crippen LogP contribution in [0.2, 0.25) is 0 Å². The van der Waals surface area contributed by atoms with Gasteiger partial charge in [-0.1, -0.05) is 55.5 Å². The predicted molar refractivity (Wildman–Crippen MR) is 77.4 cm³/mol. The molecule has 2 heteroatoms. The molecule has 0 aliphatic heterocycles. The van der Waals surface area contributed by atoms with Gasteiger partial charge in [-0.3, -0.25) is 4.90 Å². The van der Waals surface area contributed by atoms with E-state index < -0.39 is 0 Å². The second kappa shape index (κ2) is 6.72. The second-order valence-corrected chi connectivity index (χ2v) is 4.56. The van der Waals surface area contributed by atoms with Crippen LogP contribution in [0.3, 0.4) is 0 Å². The third-order valence-electron chi connectivity index (χ3n) is 3.23. The van der Waals surface area contributed by atoms with Crippen LogP contribution in [-0.2, 0) is 13.1 Å². The first-order chi connectivity index (χ1) is 9.33. The average Bonchev–Trinajstić information content (AvgIpc) is 2.48. The van der Waals surface area contributed by atoms with Gasteiger partial charge < -0.3 is 0 Å². The van der Waals surface area contributed by atoms with Gasteiger partial charge in [0.05, 0.1) is 11.6 Å². The quantitative estimate of drug-likeness (QED) is 0.811. The monoisotopic (exact) mass is 250 g/mol. The van der Waals surface area contributed by atoms with Gasteiger partial charge in [0.1, 0.15) is 0 Å². The highest BCUT2D eigenvalue weighted by atomic mass is 15.1. The van der Waals surface area contributed by atoms with Gasteiger partial charge in [0.15, 0.2) is 0 Å². The van der Waals surface area contributed by atoms with Crippen molar-refractivity contribution in [2.75, 3.05) is 6.54 Å². The Kier molecular flexibility index (Phi) is 4.72. The molecule has 0 unspecified atom stereocenters. The summed E-state index contributed by atoms with van der Waals surface area (Å²) in [7, 11) is 0. The highest BCUT2D eigenvalue weighted by Crippen LogP contribution is 2.13. The molecule has 0 fully saturated rings. The number of hydrogen-bond donors (Lipinski definition) is 0. The van der Waals surface area contributed by atoms with E-state index in [-0.39, 0.29) is 0 Å². The Morgan fingerprint density at radius 1 is 0.947 bits per heavy atom. The van der Waals surface area contributed by atoms with Crippen molar-refractivity contribution < 1.29 is 0 Å². The fraction of sp³-hybridized carbons (Fsp3) is 0.235. The lowest BCUT2D eigenvalue weighted by Crippen LogP contribution is -2.22. The molecule has 0 amide bonds. The normalized spacial score (nSPS) is 10.4. The van der Waals surface area contributed by atoms with E-state index in [1.807, 2.05) is 30.3 Å². The van der Waals surface area contributed by atoms with Gasteiger partial charge in [0.25, 0.3) is 0 Å². The Morgan fingerprint density at radius 2 is 1.63 bits per heavy atom. The fourth-order valence-electron chi connectivity index (χ4n) is 2.13. The van der Waals surface area contributed by atoms with Crippen molar-refractivity contribution in [1.29, 1.82) is 5.26 Å². The molecule has 0 spiro atoms. The molecule has 0 bridgehead atoms. The highest BCUT2D eigenvalue weighted by Gasteiger charge is 2.07. The molecule has 0 heterocycles. The van der Waals surface area contributed by atoms with Crippen molar-refractivity contribution in [3.05, 3.63) is 71.3 Å². The number of nitrogens with zero attached hydrogens (tertiary/aromatic N) is 2. The number of rotatable bonds is 5. The van der Waals surface area contributed by atoms with Gasteiger partial charge in [0, 0.05) is 13.1 Å². The van der Waals surface area contributed by atoms with E-state index in [0.29, 0.717) is 0 Å². The third kappa shape index (κ3) is 3.67. The summed E-state index contributed by atoms with van der Waals surface area (Å²) >= 11 is 0. The zero-order valence-electron chi connectivity index (χ0n) is 11.2. The summed E-state index contributed by atoms with van der Waals surface area (Å²) in [5.41, 5.74) is 3.18. The summed E-state index contributed by atoms with van der Waals surface area (Å²) in [5.74, 6) is 0.